The van der Waals surface area contributed by atoms with Crippen molar-refractivity contribution in [1.29, 1.82) is 0 Å². The molecule has 7 nitrogen and oxygen atoms in total. The third-order valence-electron chi connectivity index (χ3n) is 4.46. The molecule has 1 fully saturated rings. The van der Waals surface area contributed by atoms with Crippen LogP contribution in [0, 0.1) is 5.92 Å². The molecule has 136 valence electrons. The van der Waals surface area contributed by atoms with Gasteiger partial charge in [0, 0.05) is 12.3 Å². The zero-order chi connectivity index (χ0) is 18.2. The summed E-state index contributed by atoms with van der Waals surface area (Å²) in [5.74, 6) is -1.09. The molecule has 0 radical (unpaired) electrons. The molecule has 0 spiro atoms. The van der Waals surface area contributed by atoms with Gasteiger partial charge >= 0.3 is 5.97 Å². The normalized spacial score (nSPS) is 16.8. The van der Waals surface area contributed by atoms with Gasteiger partial charge in [0.15, 0.2) is 0 Å². The van der Waals surface area contributed by atoms with Crippen molar-refractivity contribution in [3.63, 3.8) is 0 Å². The predicted molar refractivity (Wildman–Crippen MR) is 92.5 cm³/mol. The first-order chi connectivity index (χ1) is 12.0. The average molecular weight is 347 g/mol. The number of carbonyl (C=O) groups excluding carboxylic acids is 3. The molecular formula is C18H25N3O4. The number of esters is 1. The Bertz CT molecular complexity index is 598. The van der Waals surface area contributed by atoms with Crippen molar-refractivity contribution in [3.8, 4) is 0 Å². The van der Waals surface area contributed by atoms with Gasteiger partial charge < -0.3 is 15.8 Å². The van der Waals surface area contributed by atoms with Gasteiger partial charge in [-0.15, -0.1) is 0 Å². The van der Waals surface area contributed by atoms with Gasteiger partial charge in [0.25, 0.3) is 0 Å². The highest BCUT2D eigenvalue weighted by atomic mass is 16.5. The first kappa shape index (κ1) is 18.9. The summed E-state index contributed by atoms with van der Waals surface area (Å²) in [4.78, 5) is 37.4. The summed E-state index contributed by atoms with van der Waals surface area (Å²) in [5.41, 5.74) is 6.26. The fourth-order valence-electron chi connectivity index (χ4n) is 3.00. The van der Waals surface area contributed by atoms with Crippen LogP contribution in [0.2, 0.25) is 0 Å². The molecule has 0 bridgehead atoms. The minimum absolute atomic E-state index is 0.111. The van der Waals surface area contributed by atoms with E-state index in [1.54, 1.807) is 0 Å². The van der Waals surface area contributed by atoms with E-state index in [1.807, 2.05) is 35.2 Å². The lowest BCUT2D eigenvalue weighted by molar-refractivity contribution is -0.145. The van der Waals surface area contributed by atoms with Crippen LogP contribution >= 0.6 is 0 Å². The van der Waals surface area contributed by atoms with Gasteiger partial charge in [-0.05, 0) is 31.5 Å². The molecule has 0 aliphatic carbocycles. The molecule has 7 heteroatoms. The largest absolute Gasteiger partial charge is 0.467 e. The highest BCUT2D eigenvalue weighted by molar-refractivity contribution is 5.85. The molecule has 1 heterocycles. The number of hydrogen-bond acceptors (Lipinski definition) is 5. The SMILES string of the molecule is COC(=O)[C@H](Cc1ccccc1)NC(=O)CN1CCC(C(N)=O)CC1. The monoisotopic (exact) mass is 347 g/mol. The fourth-order valence-corrected chi connectivity index (χ4v) is 3.00. The summed E-state index contributed by atoms with van der Waals surface area (Å²) in [6.07, 6.45) is 1.70. The first-order valence-electron chi connectivity index (χ1n) is 8.42. The van der Waals surface area contributed by atoms with E-state index in [-0.39, 0.29) is 24.3 Å². The molecule has 2 rings (SSSR count). The Labute approximate surface area is 147 Å². The van der Waals surface area contributed by atoms with E-state index in [0.717, 1.165) is 5.56 Å². The van der Waals surface area contributed by atoms with Gasteiger partial charge in [-0.25, -0.2) is 4.79 Å². The van der Waals surface area contributed by atoms with Crippen molar-refractivity contribution >= 4 is 17.8 Å². The molecule has 1 aliphatic rings. The minimum Gasteiger partial charge on any atom is -0.467 e. The fraction of sp³-hybridized carbons (Fsp3) is 0.500. The summed E-state index contributed by atoms with van der Waals surface area (Å²) in [7, 11) is 1.31. The number of benzene rings is 1. The number of ether oxygens (including phenoxy) is 1. The zero-order valence-corrected chi connectivity index (χ0v) is 14.4. The third-order valence-corrected chi connectivity index (χ3v) is 4.46. The Morgan fingerprint density at radius 3 is 2.44 bits per heavy atom. The van der Waals surface area contributed by atoms with Crippen molar-refractivity contribution < 1.29 is 19.1 Å². The quantitative estimate of drug-likeness (QED) is 0.681. The Hall–Kier alpha value is -2.41. The zero-order valence-electron chi connectivity index (χ0n) is 14.4. The standard InChI is InChI=1S/C18H25N3O4/c1-25-18(24)15(11-13-5-3-2-4-6-13)20-16(22)12-21-9-7-14(8-10-21)17(19)23/h2-6,14-15H,7-12H2,1H3,(H2,19,23)(H,20,22)/t15-/m0/s1. The summed E-state index contributed by atoms with van der Waals surface area (Å²) in [5, 5.41) is 2.75. The molecule has 25 heavy (non-hydrogen) atoms. The first-order valence-corrected chi connectivity index (χ1v) is 8.42. The van der Waals surface area contributed by atoms with E-state index >= 15 is 0 Å². The number of piperidine rings is 1. The predicted octanol–water partition coefficient (Wildman–Crippen LogP) is 0.0842. The van der Waals surface area contributed by atoms with Crippen LogP contribution in [-0.2, 0) is 25.5 Å². The number of carbonyl (C=O) groups is 3. The highest BCUT2D eigenvalue weighted by Crippen LogP contribution is 2.16. The van der Waals surface area contributed by atoms with Crippen LogP contribution in [0.25, 0.3) is 0 Å². The van der Waals surface area contributed by atoms with E-state index in [1.165, 1.54) is 7.11 Å². The van der Waals surface area contributed by atoms with Crippen molar-refractivity contribution in [1.82, 2.24) is 10.2 Å². The minimum atomic E-state index is -0.719. The lowest BCUT2D eigenvalue weighted by atomic mass is 9.96. The van der Waals surface area contributed by atoms with Crippen molar-refractivity contribution in [2.75, 3.05) is 26.7 Å². The molecule has 1 saturated heterocycles. The Balaban J connectivity index is 1.87. The second-order valence-electron chi connectivity index (χ2n) is 6.29. The number of rotatable bonds is 7. The Morgan fingerprint density at radius 1 is 1.24 bits per heavy atom. The number of likely N-dealkylation sites (tertiary alicyclic amines) is 1. The van der Waals surface area contributed by atoms with Crippen LogP contribution in [-0.4, -0.2) is 55.5 Å². The van der Waals surface area contributed by atoms with Crippen LogP contribution in [0.4, 0.5) is 0 Å². The lowest BCUT2D eigenvalue weighted by Crippen LogP contribution is -2.48. The number of nitrogens with one attached hydrogen (secondary N) is 1. The number of methoxy groups -OCH3 is 1. The summed E-state index contributed by atoms with van der Waals surface area (Å²) in [6, 6.07) is 8.74. The van der Waals surface area contributed by atoms with Crippen molar-refractivity contribution in [3.05, 3.63) is 35.9 Å². The lowest BCUT2D eigenvalue weighted by Gasteiger charge is -2.30. The smallest absolute Gasteiger partial charge is 0.328 e. The molecule has 1 aliphatic heterocycles. The number of nitrogens with two attached hydrogens (primary N) is 1. The van der Waals surface area contributed by atoms with Gasteiger partial charge in [0.2, 0.25) is 11.8 Å². The van der Waals surface area contributed by atoms with Gasteiger partial charge in [0.1, 0.15) is 6.04 Å². The Morgan fingerprint density at radius 2 is 1.88 bits per heavy atom. The maximum Gasteiger partial charge on any atom is 0.328 e. The van der Waals surface area contributed by atoms with Crippen molar-refractivity contribution in [2.24, 2.45) is 11.7 Å². The maximum atomic E-state index is 12.3. The van der Waals surface area contributed by atoms with E-state index in [2.05, 4.69) is 5.32 Å². The number of hydrogen-bond donors (Lipinski definition) is 2. The van der Waals surface area contributed by atoms with Crippen molar-refractivity contribution in [2.45, 2.75) is 25.3 Å². The summed E-state index contributed by atoms with van der Waals surface area (Å²) in [6.45, 7) is 1.47. The molecule has 0 unspecified atom stereocenters. The summed E-state index contributed by atoms with van der Waals surface area (Å²) >= 11 is 0. The third kappa shape index (κ3) is 5.86. The van der Waals surface area contributed by atoms with E-state index in [0.29, 0.717) is 32.4 Å². The van der Waals surface area contributed by atoms with Crippen LogP contribution in [0.15, 0.2) is 30.3 Å². The van der Waals surface area contributed by atoms with Crippen LogP contribution in [0.3, 0.4) is 0 Å². The topological polar surface area (TPSA) is 102 Å². The van der Waals surface area contributed by atoms with Crippen LogP contribution in [0.5, 0.6) is 0 Å². The second-order valence-corrected chi connectivity index (χ2v) is 6.29. The van der Waals surface area contributed by atoms with Crippen LogP contribution in [0.1, 0.15) is 18.4 Å². The highest BCUT2D eigenvalue weighted by Gasteiger charge is 2.26. The van der Waals surface area contributed by atoms with Gasteiger partial charge in [-0.3, -0.25) is 14.5 Å². The molecule has 3 N–H and O–H groups in total. The molecule has 0 aromatic heterocycles. The average Bonchev–Trinajstić information content (AvgIpc) is 2.61. The number of amides is 2. The van der Waals surface area contributed by atoms with Gasteiger partial charge in [-0.2, -0.15) is 0 Å². The van der Waals surface area contributed by atoms with E-state index in [9.17, 15) is 14.4 Å². The van der Waals surface area contributed by atoms with E-state index in [4.69, 9.17) is 10.5 Å². The number of nitrogens with zero attached hydrogens (tertiary/aromatic N) is 1. The second kappa shape index (κ2) is 9.17. The Kier molecular flexibility index (Phi) is 6.94. The van der Waals surface area contributed by atoms with Gasteiger partial charge in [0.05, 0.1) is 13.7 Å². The van der Waals surface area contributed by atoms with E-state index < -0.39 is 12.0 Å². The summed E-state index contributed by atoms with van der Waals surface area (Å²) < 4.78 is 4.80. The molecule has 1 aromatic carbocycles. The molecular weight excluding hydrogens is 322 g/mol. The number of primary amides is 1. The molecule has 1 atom stereocenters. The maximum absolute atomic E-state index is 12.3. The molecule has 2 amide bonds. The molecule has 1 aromatic rings. The van der Waals surface area contributed by atoms with Gasteiger partial charge in [-0.1, -0.05) is 30.3 Å². The van der Waals surface area contributed by atoms with Crippen LogP contribution < -0.4 is 11.1 Å². The molecule has 0 saturated carbocycles.